The summed E-state index contributed by atoms with van der Waals surface area (Å²) >= 11 is 0. The van der Waals surface area contributed by atoms with Crippen molar-refractivity contribution < 1.29 is 9.90 Å². The largest absolute Gasteiger partial charge is 0.508 e. The number of hydrogen-bond acceptors (Lipinski definition) is 2. The van der Waals surface area contributed by atoms with Crippen LogP contribution in [0.4, 0.5) is 0 Å². The summed E-state index contributed by atoms with van der Waals surface area (Å²) in [7, 11) is 0. The number of hydrogen-bond donors (Lipinski definition) is 1. The van der Waals surface area contributed by atoms with Crippen molar-refractivity contribution in [2.24, 2.45) is 0 Å². The fraction of sp³-hybridized carbons (Fsp3) is 0.0625. The van der Waals surface area contributed by atoms with Gasteiger partial charge in [-0.15, -0.1) is 6.58 Å². The maximum atomic E-state index is 12.3. The highest BCUT2D eigenvalue weighted by molar-refractivity contribution is 6.10. The third-order valence-electron chi connectivity index (χ3n) is 2.76. The normalized spacial score (nSPS) is 10.0. The number of aromatic hydroxyl groups is 1. The molecule has 0 amide bonds. The first-order chi connectivity index (χ1) is 8.72. The predicted octanol–water partition coefficient (Wildman–Crippen LogP) is 3.35. The molecule has 0 unspecified atom stereocenters. The molecule has 0 saturated carbocycles. The van der Waals surface area contributed by atoms with E-state index in [4.69, 9.17) is 0 Å². The molecular weight excluding hydrogens is 224 g/mol. The van der Waals surface area contributed by atoms with Crippen molar-refractivity contribution in [1.29, 1.82) is 0 Å². The van der Waals surface area contributed by atoms with E-state index in [9.17, 15) is 9.90 Å². The molecule has 0 radical (unpaired) electrons. The molecule has 0 bridgehead atoms. The lowest BCUT2D eigenvalue weighted by Gasteiger charge is -2.06. The van der Waals surface area contributed by atoms with Crippen molar-refractivity contribution in [3.8, 4) is 5.75 Å². The lowest BCUT2D eigenvalue weighted by Crippen LogP contribution is -2.04. The standard InChI is InChI=1S/C16H14O2/c1-2-5-12-6-3-4-7-15(12)16(18)13-8-10-14(17)11-9-13/h2-4,6-11,17H,1,5H2. The van der Waals surface area contributed by atoms with Crippen LogP contribution in [0, 0.1) is 0 Å². The van der Waals surface area contributed by atoms with E-state index in [0.717, 1.165) is 5.56 Å². The second kappa shape index (κ2) is 5.32. The minimum absolute atomic E-state index is 0.0348. The fourth-order valence-corrected chi connectivity index (χ4v) is 1.84. The van der Waals surface area contributed by atoms with E-state index in [0.29, 0.717) is 17.5 Å². The van der Waals surface area contributed by atoms with Gasteiger partial charge in [0.15, 0.2) is 5.78 Å². The van der Waals surface area contributed by atoms with Gasteiger partial charge in [0, 0.05) is 11.1 Å². The molecule has 18 heavy (non-hydrogen) atoms. The SMILES string of the molecule is C=CCc1ccccc1C(=O)c1ccc(O)cc1. The third kappa shape index (κ3) is 2.48. The van der Waals surface area contributed by atoms with Crippen molar-refractivity contribution in [3.63, 3.8) is 0 Å². The minimum atomic E-state index is -0.0348. The maximum Gasteiger partial charge on any atom is 0.193 e. The van der Waals surface area contributed by atoms with Crippen molar-refractivity contribution in [3.05, 3.63) is 77.9 Å². The number of phenolic OH excluding ortho intramolecular Hbond substituents is 1. The average Bonchev–Trinajstić information content (AvgIpc) is 2.40. The molecule has 0 aliphatic carbocycles. The van der Waals surface area contributed by atoms with Gasteiger partial charge in [0.05, 0.1) is 0 Å². The quantitative estimate of drug-likeness (QED) is 0.655. The van der Waals surface area contributed by atoms with Gasteiger partial charge in [0.25, 0.3) is 0 Å². The Balaban J connectivity index is 2.39. The van der Waals surface area contributed by atoms with Crippen LogP contribution in [0.1, 0.15) is 21.5 Å². The highest BCUT2D eigenvalue weighted by atomic mass is 16.3. The topological polar surface area (TPSA) is 37.3 Å². The molecule has 0 aromatic heterocycles. The lowest BCUT2D eigenvalue weighted by atomic mass is 9.97. The summed E-state index contributed by atoms with van der Waals surface area (Å²) in [4.78, 5) is 12.3. The van der Waals surface area contributed by atoms with E-state index in [1.165, 1.54) is 12.1 Å². The Kier molecular flexibility index (Phi) is 3.58. The number of benzene rings is 2. The smallest absolute Gasteiger partial charge is 0.193 e. The molecule has 0 aliphatic rings. The van der Waals surface area contributed by atoms with E-state index in [1.54, 1.807) is 18.2 Å². The van der Waals surface area contributed by atoms with Crippen molar-refractivity contribution in [1.82, 2.24) is 0 Å². The van der Waals surface area contributed by atoms with Crippen LogP contribution in [0.3, 0.4) is 0 Å². The Morgan fingerprint density at radius 1 is 1.11 bits per heavy atom. The zero-order chi connectivity index (χ0) is 13.0. The Labute approximate surface area is 106 Å². The first-order valence-electron chi connectivity index (χ1n) is 5.75. The molecular formula is C16H14O2. The number of ketones is 1. The van der Waals surface area contributed by atoms with Crippen LogP contribution in [-0.4, -0.2) is 10.9 Å². The van der Waals surface area contributed by atoms with E-state index in [2.05, 4.69) is 6.58 Å². The highest BCUT2D eigenvalue weighted by Crippen LogP contribution is 2.17. The Morgan fingerprint density at radius 3 is 2.44 bits per heavy atom. The maximum absolute atomic E-state index is 12.3. The van der Waals surface area contributed by atoms with Crippen LogP contribution in [0.25, 0.3) is 0 Å². The first-order valence-corrected chi connectivity index (χ1v) is 5.75. The number of phenols is 1. The van der Waals surface area contributed by atoms with Crippen LogP contribution < -0.4 is 0 Å². The van der Waals surface area contributed by atoms with E-state index in [1.807, 2.05) is 24.3 Å². The second-order valence-corrected chi connectivity index (χ2v) is 4.03. The first kappa shape index (κ1) is 12.1. The molecule has 2 nitrogen and oxygen atoms in total. The van der Waals surface area contributed by atoms with Gasteiger partial charge in [0.1, 0.15) is 5.75 Å². The lowest BCUT2D eigenvalue weighted by molar-refractivity contribution is 0.103. The average molecular weight is 238 g/mol. The van der Waals surface area contributed by atoms with Gasteiger partial charge >= 0.3 is 0 Å². The Bertz CT molecular complexity index is 568. The minimum Gasteiger partial charge on any atom is -0.508 e. The summed E-state index contributed by atoms with van der Waals surface area (Å²) in [5.41, 5.74) is 2.22. The zero-order valence-electron chi connectivity index (χ0n) is 9.97. The van der Waals surface area contributed by atoms with E-state index >= 15 is 0 Å². The summed E-state index contributed by atoms with van der Waals surface area (Å²) in [5, 5.41) is 9.22. The summed E-state index contributed by atoms with van der Waals surface area (Å²) in [6, 6.07) is 13.8. The van der Waals surface area contributed by atoms with Gasteiger partial charge in [-0.25, -0.2) is 0 Å². The van der Waals surface area contributed by atoms with Gasteiger partial charge in [-0.05, 0) is 36.2 Å². The van der Waals surface area contributed by atoms with Gasteiger partial charge in [-0.1, -0.05) is 30.3 Å². The molecule has 2 rings (SSSR count). The molecule has 2 aromatic carbocycles. The second-order valence-electron chi connectivity index (χ2n) is 4.03. The number of allylic oxidation sites excluding steroid dienone is 1. The summed E-state index contributed by atoms with van der Waals surface area (Å²) in [6.45, 7) is 3.70. The molecule has 0 aliphatic heterocycles. The molecule has 0 spiro atoms. The number of carbonyl (C=O) groups excluding carboxylic acids is 1. The van der Waals surface area contributed by atoms with Crippen molar-refractivity contribution in [2.45, 2.75) is 6.42 Å². The van der Waals surface area contributed by atoms with Gasteiger partial charge in [-0.3, -0.25) is 4.79 Å². The Morgan fingerprint density at radius 2 is 1.78 bits per heavy atom. The van der Waals surface area contributed by atoms with Crippen LogP contribution in [-0.2, 0) is 6.42 Å². The summed E-state index contributed by atoms with van der Waals surface area (Å²) in [6.07, 6.45) is 2.45. The van der Waals surface area contributed by atoms with Crippen LogP contribution in [0.15, 0.2) is 61.2 Å². The van der Waals surface area contributed by atoms with Crippen molar-refractivity contribution in [2.75, 3.05) is 0 Å². The van der Waals surface area contributed by atoms with Gasteiger partial charge < -0.3 is 5.11 Å². The van der Waals surface area contributed by atoms with Crippen LogP contribution in [0.2, 0.25) is 0 Å². The highest BCUT2D eigenvalue weighted by Gasteiger charge is 2.12. The monoisotopic (exact) mass is 238 g/mol. The fourth-order valence-electron chi connectivity index (χ4n) is 1.84. The third-order valence-corrected chi connectivity index (χ3v) is 2.76. The number of carbonyl (C=O) groups is 1. The van der Waals surface area contributed by atoms with Crippen LogP contribution in [0.5, 0.6) is 5.75 Å². The van der Waals surface area contributed by atoms with Gasteiger partial charge in [-0.2, -0.15) is 0 Å². The predicted molar refractivity (Wildman–Crippen MR) is 71.9 cm³/mol. The molecule has 0 fully saturated rings. The van der Waals surface area contributed by atoms with Crippen LogP contribution >= 0.6 is 0 Å². The molecule has 0 heterocycles. The molecule has 2 aromatic rings. The molecule has 0 atom stereocenters. The molecule has 90 valence electrons. The summed E-state index contributed by atoms with van der Waals surface area (Å²) in [5.74, 6) is 0.123. The van der Waals surface area contributed by atoms with E-state index in [-0.39, 0.29) is 11.5 Å². The Hall–Kier alpha value is -2.35. The molecule has 1 N–H and O–H groups in total. The van der Waals surface area contributed by atoms with Gasteiger partial charge in [0.2, 0.25) is 0 Å². The number of rotatable bonds is 4. The zero-order valence-corrected chi connectivity index (χ0v) is 9.97. The molecule has 0 saturated heterocycles. The summed E-state index contributed by atoms with van der Waals surface area (Å²) < 4.78 is 0. The van der Waals surface area contributed by atoms with Crippen molar-refractivity contribution >= 4 is 5.78 Å². The molecule has 2 heteroatoms. The van der Waals surface area contributed by atoms with E-state index < -0.39 is 0 Å².